The fraction of sp³-hybridized carbons (Fsp3) is 0.667. The zero-order chi connectivity index (χ0) is 21.6. The van der Waals surface area contributed by atoms with E-state index in [-0.39, 0.29) is 9.79 Å². The third kappa shape index (κ3) is 5.76. The molecule has 0 bridgehead atoms. The molecule has 0 N–H and O–H groups in total. The van der Waals surface area contributed by atoms with Crippen LogP contribution in [-0.2, 0) is 28.0 Å². The third-order valence-corrected chi connectivity index (χ3v) is 19.8. The molecule has 0 spiro atoms. The summed E-state index contributed by atoms with van der Waals surface area (Å²) in [6.45, 7) is 11.6. The standard InChI is InChI=1S/C18H34O6S2Si2/c1-7-27(8-2,9-3)23-25(19,20)17-14-13-15-18(16-17)26(21,22)24-28(10-4,11-5)12-6/h13-16H,7-12H2,1-6H3. The second-order valence-corrected chi connectivity index (χ2v) is 20.1. The van der Waals surface area contributed by atoms with Gasteiger partial charge in [0.1, 0.15) is 0 Å². The predicted molar refractivity (Wildman–Crippen MR) is 117 cm³/mol. The monoisotopic (exact) mass is 466 g/mol. The Balaban J connectivity index is 3.31. The molecule has 162 valence electrons. The Kier molecular flexibility index (Phi) is 9.10. The van der Waals surface area contributed by atoms with Crippen molar-refractivity contribution in [2.75, 3.05) is 0 Å². The van der Waals surface area contributed by atoms with Gasteiger partial charge in [0.05, 0.1) is 9.79 Å². The highest BCUT2D eigenvalue weighted by molar-refractivity contribution is 7.88. The van der Waals surface area contributed by atoms with Crippen LogP contribution in [0.5, 0.6) is 0 Å². The van der Waals surface area contributed by atoms with Gasteiger partial charge in [-0.25, -0.2) is 0 Å². The molecule has 0 aliphatic rings. The lowest BCUT2D eigenvalue weighted by atomic mass is 10.4. The van der Waals surface area contributed by atoms with Crippen LogP contribution in [0, 0.1) is 0 Å². The Labute approximate surface area is 173 Å². The molecule has 1 aromatic rings. The Hall–Kier alpha value is -0.526. The van der Waals surface area contributed by atoms with Gasteiger partial charge in [0.15, 0.2) is 0 Å². The predicted octanol–water partition coefficient (Wildman–Crippen LogP) is 5.11. The number of hydrogen-bond acceptors (Lipinski definition) is 6. The summed E-state index contributed by atoms with van der Waals surface area (Å²) in [5.74, 6) is 0. The lowest BCUT2D eigenvalue weighted by Gasteiger charge is -2.27. The van der Waals surface area contributed by atoms with E-state index >= 15 is 0 Å². The summed E-state index contributed by atoms with van der Waals surface area (Å²) in [6, 6.07) is 9.40. The van der Waals surface area contributed by atoms with Crippen molar-refractivity contribution in [2.24, 2.45) is 0 Å². The Morgan fingerprint density at radius 3 is 1.18 bits per heavy atom. The van der Waals surface area contributed by atoms with Gasteiger partial charge in [0, 0.05) is 0 Å². The van der Waals surface area contributed by atoms with Gasteiger partial charge in [-0.1, -0.05) is 47.6 Å². The summed E-state index contributed by atoms with van der Waals surface area (Å²) in [4.78, 5) is -0.276. The van der Waals surface area contributed by atoms with E-state index in [1.165, 1.54) is 18.2 Å². The molecular weight excluding hydrogens is 432 g/mol. The molecule has 6 nitrogen and oxygen atoms in total. The van der Waals surface area contributed by atoms with E-state index in [2.05, 4.69) is 0 Å². The van der Waals surface area contributed by atoms with E-state index in [1.807, 2.05) is 41.5 Å². The first-order valence-electron chi connectivity index (χ1n) is 10.0. The number of rotatable bonds is 12. The van der Waals surface area contributed by atoms with Crippen LogP contribution in [0.2, 0.25) is 36.3 Å². The van der Waals surface area contributed by atoms with Gasteiger partial charge in [0.25, 0.3) is 20.2 Å². The molecule has 0 saturated heterocycles. The smallest absolute Gasteiger partial charge is 0.287 e. The van der Waals surface area contributed by atoms with E-state index in [0.717, 1.165) is 6.07 Å². The van der Waals surface area contributed by atoms with Crippen molar-refractivity contribution in [3.05, 3.63) is 24.3 Å². The van der Waals surface area contributed by atoms with Gasteiger partial charge in [-0.15, -0.1) is 0 Å². The second kappa shape index (κ2) is 9.99. The summed E-state index contributed by atoms with van der Waals surface area (Å²) in [5.41, 5.74) is 0. The topological polar surface area (TPSA) is 86.7 Å². The van der Waals surface area contributed by atoms with Crippen LogP contribution < -0.4 is 0 Å². The van der Waals surface area contributed by atoms with Crippen LogP contribution in [0.25, 0.3) is 0 Å². The molecule has 1 rings (SSSR count). The summed E-state index contributed by atoms with van der Waals surface area (Å²) in [7, 11) is -12.9. The molecule has 10 heteroatoms. The van der Waals surface area contributed by atoms with Crippen LogP contribution in [0.3, 0.4) is 0 Å². The Morgan fingerprint density at radius 2 is 0.929 bits per heavy atom. The first-order chi connectivity index (χ1) is 13.0. The summed E-state index contributed by atoms with van der Waals surface area (Å²) in [6.07, 6.45) is 0. The maximum Gasteiger partial charge on any atom is 0.287 e. The van der Waals surface area contributed by atoms with Crippen molar-refractivity contribution in [3.63, 3.8) is 0 Å². The Morgan fingerprint density at radius 1 is 0.643 bits per heavy atom. The summed E-state index contributed by atoms with van der Waals surface area (Å²) in [5, 5.41) is 0. The van der Waals surface area contributed by atoms with E-state index in [0.29, 0.717) is 36.3 Å². The molecule has 0 unspecified atom stereocenters. The fourth-order valence-corrected chi connectivity index (χ4v) is 14.6. The third-order valence-electron chi connectivity index (χ3n) is 5.82. The van der Waals surface area contributed by atoms with Gasteiger partial charge in [-0.2, -0.15) is 16.8 Å². The van der Waals surface area contributed by atoms with Crippen LogP contribution in [0.15, 0.2) is 34.1 Å². The highest BCUT2D eigenvalue weighted by atomic mass is 32.2. The maximum atomic E-state index is 12.8. The van der Waals surface area contributed by atoms with Crippen LogP contribution >= 0.6 is 0 Å². The van der Waals surface area contributed by atoms with Gasteiger partial charge in [-0.3, -0.25) is 0 Å². The molecule has 0 aromatic heterocycles. The van der Waals surface area contributed by atoms with Crippen LogP contribution in [0.1, 0.15) is 41.5 Å². The normalized spacial score (nSPS) is 13.6. The quantitative estimate of drug-likeness (QED) is 0.398. The van der Waals surface area contributed by atoms with Crippen molar-refractivity contribution >= 4 is 36.9 Å². The number of hydrogen-bond donors (Lipinski definition) is 0. The first-order valence-corrected chi connectivity index (χ1v) is 17.9. The zero-order valence-electron chi connectivity index (χ0n) is 17.8. The van der Waals surface area contributed by atoms with E-state index in [4.69, 9.17) is 7.74 Å². The van der Waals surface area contributed by atoms with Crippen LogP contribution in [-0.4, -0.2) is 33.5 Å². The largest absolute Gasteiger partial charge is 0.311 e. The fourth-order valence-electron chi connectivity index (χ4n) is 3.20. The minimum atomic E-state index is -4.04. The summed E-state index contributed by atoms with van der Waals surface area (Å²) < 4.78 is 62.7. The summed E-state index contributed by atoms with van der Waals surface area (Å²) >= 11 is 0. The average Bonchev–Trinajstić information content (AvgIpc) is 2.70. The molecule has 0 amide bonds. The molecule has 28 heavy (non-hydrogen) atoms. The van der Waals surface area contributed by atoms with Crippen LogP contribution in [0.4, 0.5) is 0 Å². The van der Waals surface area contributed by atoms with Crippen molar-refractivity contribution in [2.45, 2.75) is 87.6 Å². The highest BCUT2D eigenvalue weighted by Crippen LogP contribution is 2.30. The van der Waals surface area contributed by atoms with Gasteiger partial charge < -0.3 is 7.74 Å². The zero-order valence-corrected chi connectivity index (χ0v) is 21.5. The maximum absolute atomic E-state index is 12.8. The second-order valence-electron chi connectivity index (χ2n) is 7.04. The van der Waals surface area contributed by atoms with Crippen molar-refractivity contribution in [1.82, 2.24) is 0 Å². The molecule has 0 aliphatic carbocycles. The lowest BCUT2D eigenvalue weighted by molar-refractivity contribution is 0.472. The average molecular weight is 467 g/mol. The Bertz CT molecular complexity index is 761. The minimum absolute atomic E-state index is 0.138. The minimum Gasteiger partial charge on any atom is -0.311 e. The molecule has 0 aliphatic heterocycles. The molecule has 0 atom stereocenters. The molecule has 0 radical (unpaired) electrons. The van der Waals surface area contributed by atoms with Crippen molar-refractivity contribution < 1.29 is 24.6 Å². The highest BCUT2D eigenvalue weighted by Gasteiger charge is 2.38. The lowest BCUT2D eigenvalue weighted by Crippen LogP contribution is -2.38. The van der Waals surface area contributed by atoms with Crippen molar-refractivity contribution in [3.8, 4) is 0 Å². The van der Waals surface area contributed by atoms with Gasteiger partial charge in [0.2, 0.25) is 16.6 Å². The SMILES string of the molecule is CC[Si](CC)(CC)OS(=O)(=O)c1cccc(S(=O)(=O)O[Si](CC)(CC)CC)c1. The molecule has 0 fully saturated rings. The molecule has 1 aromatic carbocycles. The molecule has 0 saturated carbocycles. The first kappa shape index (κ1) is 25.5. The van der Waals surface area contributed by atoms with E-state index in [9.17, 15) is 16.8 Å². The van der Waals surface area contributed by atoms with E-state index in [1.54, 1.807) is 0 Å². The molecule has 0 heterocycles. The molecular formula is C18H34O6S2Si2. The number of benzene rings is 1. The van der Waals surface area contributed by atoms with Gasteiger partial charge >= 0.3 is 0 Å². The van der Waals surface area contributed by atoms with Gasteiger partial charge in [-0.05, 0) is 54.5 Å². The van der Waals surface area contributed by atoms with Crippen molar-refractivity contribution in [1.29, 1.82) is 0 Å². The van der Waals surface area contributed by atoms with E-state index < -0.39 is 36.9 Å².